The lowest BCUT2D eigenvalue weighted by molar-refractivity contribution is -0.385. The van der Waals surface area contributed by atoms with E-state index in [4.69, 9.17) is 16.3 Å². The van der Waals surface area contributed by atoms with E-state index in [-0.39, 0.29) is 17.8 Å². The highest BCUT2D eigenvalue weighted by Gasteiger charge is 2.27. The lowest BCUT2D eigenvalue weighted by atomic mass is 10.0. The van der Waals surface area contributed by atoms with Crippen molar-refractivity contribution in [2.45, 2.75) is 38.8 Å². The van der Waals surface area contributed by atoms with Crippen LogP contribution in [0.3, 0.4) is 0 Å². The van der Waals surface area contributed by atoms with Crippen LogP contribution in [0.2, 0.25) is 5.02 Å². The number of nitro benzene ring substituents is 1. The number of halogens is 1. The molecule has 0 aliphatic carbocycles. The van der Waals surface area contributed by atoms with Crippen LogP contribution >= 0.6 is 11.6 Å². The van der Waals surface area contributed by atoms with E-state index in [1.54, 1.807) is 30.5 Å². The highest BCUT2D eigenvalue weighted by Crippen LogP contribution is 2.33. The molecule has 0 saturated carbocycles. The van der Waals surface area contributed by atoms with Crippen LogP contribution in [-0.4, -0.2) is 43.4 Å². The van der Waals surface area contributed by atoms with Crippen molar-refractivity contribution in [1.29, 1.82) is 0 Å². The van der Waals surface area contributed by atoms with Crippen LogP contribution < -0.4 is 10.1 Å². The highest BCUT2D eigenvalue weighted by molar-refractivity contribution is 6.32. The van der Waals surface area contributed by atoms with Gasteiger partial charge in [0.2, 0.25) is 0 Å². The average molecular weight is 543 g/mol. The molecule has 0 radical (unpaired) electrons. The first-order chi connectivity index (χ1) is 18.8. The van der Waals surface area contributed by atoms with E-state index in [2.05, 4.69) is 37.0 Å². The number of anilines is 2. The molecule has 9 nitrogen and oxygen atoms in total. The van der Waals surface area contributed by atoms with Gasteiger partial charge < -0.3 is 10.1 Å². The van der Waals surface area contributed by atoms with E-state index in [9.17, 15) is 10.1 Å². The van der Waals surface area contributed by atoms with Crippen molar-refractivity contribution in [1.82, 2.24) is 19.9 Å². The first kappa shape index (κ1) is 26.4. The van der Waals surface area contributed by atoms with Gasteiger partial charge in [-0.2, -0.15) is 0 Å². The van der Waals surface area contributed by atoms with Crippen LogP contribution in [0.4, 0.5) is 17.2 Å². The summed E-state index contributed by atoms with van der Waals surface area (Å²) in [6, 6.07) is 14.0. The molecular formula is C29H27ClN6O3. The molecule has 198 valence electrons. The van der Waals surface area contributed by atoms with Crippen LogP contribution in [0.25, 0.3) is 10.9 Å². The largest absolute Gasteiger partial charge is 0.486 e. The molecule has 1 fully saturated rings. The second kappa shape index (κ2) is 11.2. The molecule has 2 aromatic carbocycles. The molecule has 1 saturated heterocycles. The number of nitrogens with one attached hydrogen (secondary N) is 1. The molecule has 10 heteroatoms. The van der Waals surface area contributed by atoms with Gasteiger partial charge in [-0.25, -0.2) is 9.97 Å². The molecule has 3 heterocycles. The number of nitro groups is 1. The van der Waals surface area contributed by atoms with Crippen molar-refractivity contribution < 1.29 is 9.66 Å². The van der Waals surface area contributed by atoms with Crippen molar-refractivity contribution in [3.8, 4) is 17.6 Å². The van der Waals surface area contributed by atoms with Crippen LogP contribution in [0, 0.1) is 22.0 Å². The lowest BCUT2D eigenvalue weighted by Crippen LogP contribution is -2.40. The van der Waals surface area contributed by atoms with E-state index >= 15 is 0 Å². The Bertz CT molecular complexity index is 1580. The maximum atomic E-state index is 12.0. The minimum Gasteiger partial charge on any atom is -0.486 e. The molecule has 5 rings (SSSR count). The second-order valence-corrected chi connectivity index (χ2v) is 10.2. The minimum absolute atomic E-state index is 0.0960. The molecule has 4 aromatic rings. The number of hydrogen-bond donors (Lipinski definition) is 1. The van der Waals surface area contributed by atoms with Crippen LogP contribution in [-0.2, 0) is 6.61 Å². The smallest absolute Gasteiger partial charge is 0.285 e. The predicted molar refractivity (Wildman–Crippen MR) is 151 cm³/mol. The molecule has 2 aromatic heterocycles. The summed E-state index contributed by atoms with van der Waals surface area (Å²) >= 11 is 6.46. The summed E-state index contributed by atoms with van der Waals surface area (Å²) in [6.45, 7) is 6.33. The number of rotatable bonds is 7. The maximum Gasteiger partial charge on any atom is 0.285 e. The van der Waals surface area contributed by atoms with E-state index in [0.29, 0.717) is 38.7 Å². The van der Waals surface area contributed by atoms with Gasteiger partial charge in [0, 0.05) is 23.3 Å². The first-order valence-corrected chi connectivity index (χ1v) is 13.0. The molecule has 1 aliphatic rings. The summed E-state index contributed by atoms with van der Waals surface area (Å²) in [6.07, 6.45) is 5.39. The molecule has 0 spiro atoms. The fourth-order valence-electron chi connectivity index (χ4n) is 4.49. The third-order valence-electron chi connectivity index (χ3n) is 6.65. The summed E-state index contributed by atoms with van der Waals surface area (Å²) in [5.41, 5.74) is 1.81. The minimum atomic E-state index is -0.423. The maximum absolute atomic E-state index is 12.0. The standard InChI is InChI=1S/C29H27ClN6O3/c1-29(2,35-13-5-6-14-35)11-10-20-15-25-23(17-26(20)36(37)38)28(33-19-32-25)34-21-8-9-27(24(30)16-21)39-18-22-7-3-4-12-31-22/h3-4,7-9,12,15-17,19H,5-6,13-14,18H2,1-2H3,(H,32,33,34). The van der Waals surface area contributed by atoms with E-state index < -0.39 is 4.92 Å². The topological polar surface area (TPSA) is 106 Å². The van der Waals surface area contributed by atoms with Gasteiger partial charge in [-0.05, 0) is 76.2 Å². The third kappa shape index (κ3) is 6.08. The number of pyridine rings is 1. The Morgan fingerprint density at radius 1 is 1.13 bits per heavy atom. The summed E-state index contributed by atoms with van der Waals surface area (Å²) in [7, 11) is 0. The molecular weight excluding hydrogens is 516 g/mol. The first-order valence-electron chi connectivity index (χ1n) is 12.6. The Morgan fingerprint density at radius 2 is 1.95 bits per heavy atom. The SMILES string of the molecule is CC(C)(C#Cc1cc2ncnc(Nc3ccc(OCc4ccccn4)c(Cl)c3)c2cc1[N+](=O)[O-])N1CCCC1. The Morgan fingerprint density at radius 3 is 2.67 bits per heavy atom. The van der Waals surface area contributed by atoms with Crippen LogP contribution in [0.15, 0.2) is 61.1 Å². The van der Waals surface area contributed by atoms with Crippen LogP contribution in [0.1, 0.15) is 37.9 Å². The normalized spacial score (nSPS) is 13.6. The Kier molecular flexibility index (Phi) is 7.59. The molecule has 0 atom stereocenters. The molecule has 0 unspecified atom stereocenters. The monoisotopic (exact) mass is 542 g/mol. The van der Waals surface area contributed by atoms with Crippen LogP contribution in [0.5, 0.6) is 5.75 Å². The van der Waals surface area contributed by atoms with Gasteiger partial charge >= 0.3 is 0 Å². The fourth-order valence-corrected chi connectivity index (χ4v) is 4.72. The zero-order valence-electron chi connectivity index (χ0n) is 21.6. The molecule has 1 N–H and O–H groups in total. The predicted octanol–water partition coefficient (Wildman–Crippen LogP) is 6.13. The van der Waals surface area contributed by atoms with Gasteiger partial charge in [-0.15, -0.1) is 0 Å². The van der Waals surface area contributed by atoms with E-state index in [0.717, 1.165) is 31.6 Å². The zero-order chi connectivity index (χ0) is 27.4. The third-order valence-corrected chi connectivity index (χ3v) is 6.94. The molecule has 0 bridgehead atoms. The highest BCUT2D eigenvalue weighted by atomic mass is 35.5. The van der Waals surface area contributed by atoms with Gasteiger partial charge in [0.05, 0.1) is 26.7 Å². The summed E-state index contributed by atoms with van der Waals surface area (Å²) in [5, 5.41) is 16.1. The molecule has 1 aliphatic heterocycles. The number of hydrogen-bond acceptors (Lipinski definition) is 8. The number of benzene rings is 2. The number of fused-ring (bicyclic) bond motifs is 1. The molecule has 39 heavy (non-hydrogen) atoms. The Hall–Kier alpha value is -4.26. The van der Waals surface area contributed by atoms with E-state index in [1.165, 1.54) is 12.4 Å². The summed E-state index contributed by atoms with van der Waals surface area (Å²) in [4.78, 5) is 26.8. The summed E-state index contributed by atoms with van der Waals surface area (Å²) < 4.78 is 5.79. The second-order valence-electron chi connectivity index (χ2n) is 9.75. The molecule has 0 amide bonds. The van der Waals surface area contributed by atoms with Crippen molar-refractivity contribution in [2.24, 2.45) is 0 Å². The summed E-state index contributed by atoms with van der Waals surface area (Å²) in [5.74, 6) is 7.23. The van der Waals surface area contributed by atoms with Crippen molar-refractivity contribution in [3.05, 3.63) is 87.4 Å². The lowest BCUT2D eigenvalue weighted by Gasteiger charge is -2.30. The number of aromatic nitrogens is 3. The van der Waals surface area contributed by atoms with Crippen molar-refractivity contribution >= 4 is 39.7 Å². The number of nitrogens with zero attached hydrogens (tertiary/aromatic N) is 5. The van der Waals surface area contributed by atoms with Gasteiger partial charge in [0.25, 0.3) is 5.69 Å². The van der Waals surface area contributed by atoms with Gasteiger partial charge in [-0.3, -0.25) is 20.0 Å². The van der Waals surface area contributed by atoms with Gasteiger partial charge in [0.1, 0.15) is 30.1 Å². The quantitative estimate of drug-likeness (QED) is 0.169. The van der Waals surface area contributed by atoms with Gasteiger partial charge in [0.15, 0.2) is 0 Å². The average Bonchev–Trinajstić information content (AvgIpc) is 3.48. The number of ether oxygens (including phenoxy) is 1. The Labute approximate surface area is 231 Å². The number of likely N-dealkylation sites (tertiary alicyclic amines) is 1. The zero-order valence-corrected chi connectivity index (χ0v) is 22.4. The Balaban J connectivity index is 1.41. The fraction of sp³-hybridized carbons (Fsp3) is 0.276. The van der Waals surface area contributed by atoms with Gasteiger partial charge in [-0.1, -0.05) is 29.5 Å². The van der Waals surface area contributed by atoms with Crippen molar-refractivity contribution in [3.63, 3.8) is 0 Å². The van der Waals surface area contributed by atoms with Crippen molar-refractivity contribution in [2.75, 3.05) is 18.4 Å². The van der Waals surface area contributed by atoms with E-state index in [1.807, 2.05) is 32.0 Å².